The van der Waals surface area contributed by atoms with Crippen LogP contribution in [0.4, 0.5) is 0 Å². The normalized spacial score (nSPS) is 14.8. The smallest absolute Gasteiger partial charge is 0.263 e. The summed E-state index contributed by atoms with van der Waals surface area (Å²) in [6.45, 7) is 1.77. The molecule has 1 aliphatic rings. The van der Waals surface area contributed by atoms with Crippen molar-refractivity contribution in [3.8, 4) is 0 Å². The molecule has 0 saturated carbocycles. The fourth-order valence-electron chi connectivity index (χ4n) is 3.24. The molecule has 142 valence electrons. The van der Waals surface area contributed by atoms with E-state index in [0.717, 1.165) is 17.3 Å². The Labute approximate surface area is 166 Å². The highest BCUT2D eigenvalue weighted by Crippen LogP contribution is 2.18. The van der Waals surface area contributed by atoms with E-state index in [9.17, 15) is 14.4 Å². The second-order valence-electron chi connectivity index (χ2n) is 6.79. The fraction of sp³-hybridized carbons (Fsp3) is 0.350. The van der Waals surface area contributed by atoms with Gasteiger partial charge in [-0.25, -0.2) is 0 Å². The maximum Gasteiger partial charge on any atom is 0.263 e. The predicted octanol–water partition coefficient (Wildman–Crippen LogP) is 2.43. The van der Waals surface area contributed by atoms with Crippen LogP contribution < -0.4 is 10.9 Å². The van der Waals surface area contributed by atoms with Gasteiger partial charge in [-0.1, -0.05) is 22.0 Å². The van der Waals surface area contributed by atoms with Crippen LogP contribution in [0.1, 0.15) is 33.6 Å². The van der Waals surface area contributed by atoms with Crippen molar-refractivity contribution >= 4 is 27.7 Å². The second kappa shape index (κ2) is 8.52. The van der Waals surface area contributed by atoms with Crippen molar-refractivity contribution in [2.24, 2.45) is 13.0 Å². The molecular weight excluding hydrogens is 410 g/mol. The van der Waals surface area contributed by atoms with Gasteiger partial charge in [-0.2, -0.15) is 0 Å². The van der Waals surface area contributed by atoms with Gasteiger partial charge in [0.25, 0.3) is 17.4 Å². The van der Waals surface area contributed by atoms with E-state index in [1.807, 2.05) is 12.1 Å². The van der Waals surface area contributed by atoms with Gasteiger partial charge in [0.2, 0.25) is 0 Å². The molecule has 0 bridgehead atoms. The first kappa shape index (κ1) is 19.4. The Morgan fingerprint density at radius 2 is 1.93 bits per heavy atom. The summed E-state index contributed by atoms with van der Waals surface area (Å²) < 4.78 is 2.28. The van der Waals surface area contributed by atoms with Crippen molar-refractivity contribution < 1.29 is 9.59 Å². The molecule has 2 heterocycles. The first-order chi connectivity index (χ1) is 13.0. The molecule has 0 atom stereocenters. The third-order valence-corrected chi connectivity index (χ3v) is 5.39. The van der Waals surface area contributed by atoms with E-state index in [-0.39, 0.29) is 22.9 Å². The van der Waals surface area contributed by atoms with Crippen LogP contribution in [0.25, 0.3) is 0 Å². The molecule has 0 radical (unpaired) electrons. The Morgan fingerprint density at radius 3 is 2.63 bits per heavy atom. The number of halogens is 1. The van der Waals surface area contributed by atoms with E-state index in [0.29, 0.717) is 31.1 Å². The lowest BCUT2D eigenvalue weighted by Crippen LogP contribution is -2.43. The number of piperidine rings is 1. The summed E-state index contributed by atoms with van der Waals surface area (Å²) in [5.74, 6) is 0.0131. The van der Waals surface area contributed by atoms with Gasteiger partial charge >= 0.3 is 0 Å². The Balaban J connectivity index is 1.52. The maximum atomic E-state index is 12.6. The molecule has 7 heteroatoms. The highest BCUT2D eigenvalue weighted by Gasteiger charge is 2.25. The Morgan fingerprint density at radius 1 is 1.19 bits per heavy atom. The van der Waals surface area contributed by atoms with Crippen LogP contribution in [0.5, 0.6) is 0 Å². The zero-order valence-corrected chi connectivity index (χ0v) is 16.7. The maximum absolute atomic E-state index is 12.6. The average Bonchev–Trinajstić information content (AvgIpc) is 2.68. The standard InChI is InChI=1S/C20H22BrN3O3/c1-23-9-3-6-17(19(23)26)20(27)24-10-7-14(8-11-24)13-22-18(25)15-4-2-5-16(21)12-15/h2-6,9,12,14H,7-8,10-11,13H2,1H3,(H,22,25). The topological polar surface area (TPSA) is 71.4 Å². The lowest BCUT2D eigenvalue weighted by Gasteiger charge is -2.32. The summed E-state index contributed by atoms with van der Waals surface area (Å²) in [6, 6.07) is 10.6. The predicted molar refractivity (Wildman–Crippen MR) is 107 cm³/mol. The second-order valence-corrected chi connectivity index (χ2v) is 7.71. The number of hydrogen-bond acceptors (Lipinski definition) is 3. The van der Waals surface area contributed by atoms with E-state index in [4.69, 9.17) is 0 Å². The summed E-state index contributed by atoms with van der Waals surface area (Å²) in [5.41, 5.74) is 0.559. The molecule has 3 rings (SSSR count). The van der Waals surface area contributed by atoms with Crippen molar-refractivity contribution in [3.05, 3.63) is 68.5 Å². The highest BCUT2D eigenvalue weighted by atomic mass is 79.9. The zero-order chi connectivity index (χ0) is 19.4. The molecule has 27 heavy (non-hydrogen) atoms. The van der Waals surface area contributed by atoms with Gasteiger partial charge in [-0.3, -0.25) is 14.4 Å². The quantitative estimate of drug-likeness (QED) is 0.807. The van der Waals surface area contributed by atoms with Gasteiger partial charge in [0, 0.05) is 42.9 Å². The number of aromatic nitrogens is 1. The van der Waals surface area contributed by atoms with E-state index >= 15 is 0 Å². The number of pyridine rings is 1. The SMILES string of the molecule is Cn1cccc(C(=O)N2CCC(CNC(=O)c3cccc(Br)c3)CC2)c1=O. The highest BCUT2D eigenvalue weighted by molar-refractivity contribution is 9.10. The van der Waals surface area contributed by atoms with E-state index < -0.39 is 0 Å². The largest absolute Gasteiger partial charge is 0.352 e. The van der Waals surface area contributed by atoms with E-state index in [1.54, 1.807) is 42.4 Å². The molecule has 0 aliphatic carbocycles. The number of aryl methyl sites for hydroxylation is 1. The minimum Gasteiger partial charge on any atom is -0.352 e. The van der Waals surface area contributed by atoms with Gasteiger partial charge in [0.1, 0.15) is 5.56 Å². The Kier molecular flexibility index (Phi) is 6.11. The molecule has 1 aromatic carbocycles. The van der Waals surface area contributed by atoms with Crippen molar-refractivity contribution in [3.63, 3.8) is 0 Å². The minimum absolute atomic E-state index is 0.0948. The Hall–Kier alpha value is -2.41. The molecule has 1 N–H and O–H groups in total. The van der Waals surface area contributed by atoms with Crippen molar-refractivity contribution in [1.82, 2.24) is 14.8 Å². The number of hydrogen-bond donors (Lipinski definition) is 1. The molecule has 1 aromatic heterocycles. The lowest BCUT2D eigenvalue weighted by molar-refractivity contribution is 0.0682. The molecule has 1 saturated heterocycles. The van der Waals surface area contributed by atoms with Crippen LogP contribution in [0.15, 0.2) is 51.9 Å². The van der Waals surface area contributed by atoms with Crippen LogP contribution in [0, 0.1) is 5.92 Å². The average molecular weight is 432 g/mol. The summed E-state index contributed by atoms with van der Waals surface area (Å²) in [4.78, 5) is 38.7. The third-order valence-electron chi connectivity index (χ3n) is 4.89. The first-order valence-corrected chi connectivity index (χ1v) is 9.73. The van der Waals surface area contributed by atoms with Crippen LogP contribution in [-0.2, 0) is 7.05 Å². The summed E-state index contributed by atoms with van der Waals surface area (Å²) in [6.07, 6.45) is 3.24. The molecule has 2 aromatic rings. The number of amides is 2. The van der Waals surface area contributed by atoms with E-state index in [2.05, 4.69) is 21.2 Å². The number of nitrogens with zero attached hydrogens (tertiary/aromatic N) is 2. The van der Waals surface area contributed by atoms with Crippen molar-refractivity contribution in [2.75, 3.05) is 19.6 Å². The monoisotopic (exact) mass is 431 g/mol. The molecule has 1 aliphatic heterocycles. The molecular formula is C20H22BrN3O3. The summed E-state index contributed by atoms with van der Waals surface area (Å²) >= 11 is 3.37. The van der Waals surface area contributed by atoms with Gasteiger partial charge in [0.05, 0.1) is 0 Å². The van der Waals surface area contributed by atoms with Gasteiger partial charge in [-0.15, -0.1) is 0 Å². The first-order valence-electron chi connectivity index (χ1n) is 8.94. The number of carbonyl (C=O) groups is 2. The van der Waals surface area contributed by atoms with Crippen LogP contribution in [0.2, 0.25) is 0 Å². The summed E-state index contributed by atoms with van der Waals surface area (Å²) in [7, 11) is 1.64. The number of likely N-dealkylation sites (tertiary alicyclic amines) is 1. The third kappa shape index (κ3) is 4.66. The molecule has 6 nitrogen and oxygen atoms in total. The van der Waals surface area contributed by atoms with Crippen molar-refractivity contribution in [1.29, 1.82) is 0 Å². The van der Waals surface area contributed by atoms with Gasteiger partial charge in [-0.05, 0) is 49.1 Å². The van der Waals surface area contributed by atoms with Gasteiger partial charge in [0.15, 0.2) is 0 Å². The number of benzene rings is 1. The molecule has 0 unspecified atom stereocenters. The molecule has 1 fully saturated rings. The lowest BCUT2D eigenvalue weighted by atomic mass is 9.96. The fourth-order valence-corrected chi connectivity index (χ4v) is 3.64. The molecule has 0 spiro atoms. The van der Waals surface area contributed by atoms with Crippen LogP contribution >= 0.6 is 15.9 Å². The number of carbonyl (C=O) groups excluding carboxylic acids is 2. The van der Waals surface area contributed by atoms with Gasteiger partial charge < -0.3 is 14.8 Å². The minimum atomic E-state index is -0.272. The number of rotatable bonds is 4. The van der Waals surface area contributed by atoms with Crippen molar-refractivity contribution in [2.45, 2.75) is 12.8 Å². The number of nitrogens with one attached hydrogen (secondary N) is 1. The molecule has 2 amide bonds. The van der Waals surface area contributed by atoms with Crippen LogP contribution in [0.3, 0.4) is 0 Å². The summed E-state index contributed by atoms with van der Waals surface area (Å²) in [5, 5.41) is 2.97. The zero-order valence-electron chi connectivity index (χ0n) is 15.2. The van der Waals surface area contributed by atoms with Crippen LogP contribution in [-0.4, -0.2) is 40.9 Å². The van der Waals surface area contributed by atoms with E-state index in [1.165, 1.54) is 4.57 Å². The Bertz CT molecular complexity index is 901.